The number of hydrogen-bond acceptors (Lipinski definition) is 3. The van der Waals surface area contributed by atoms with Crippen LogP contribution in [0, 0.1) is 5.82 Å². The molecule has 0 bridgehead atoms. The van der Waals surface area contributed by atoms with E-state index in [-0.39, 0.29) is 17.4 Å². The number of halogens is 1. The van der Waals surface area contributed by atoms with E-state index in [1.807, 2.05) is 67.3 Å². The summed E-state index contributed by atoms with van der Waals surface area (Å²) in [6.45, 7) is 4.13. The van der Waals surface area contributed by atoms with Crippen molar-refractivity contribution in [2.45, 2.75) is 19.8 Å². The van der Waals surface area contributed by atoms with Gasteiger partial charge in [0.25, 0.3) is 11.8 Å². The molecule has 0 aliphatic heterocycles. The third-order valence-electron chi connectivity index (χ3n) is 8.13. The van der Waals surface area contributed by atoms with E-state index >= 15 is 0 Å². The normalized spacial score (nSPS) is 12.1. The molecule has 0 unspecified atom stereocenters. The number of carbonyl (C=O) groups is 2. The molecule has 6 aromatic rings. The average molecular weight is 643 g/mol. The second-order valence-electron chi connectivity index (χ2n) is 11.7. The maximum Gasteiger partial charge on any atom is 0.283 e. The largest absolute Gasteiger partial charge is 0.496 e. The van der Waals surface area contributed by atoms with Crippen LogP contribution in [0.15, 0.2) is 113 Å². The summed E-state index contributed by atoms with van der Waals surface area (Å²) in [6.07, 6.45) is 1.89. The number of H-pyrrole nitrogens is 2. The number of ether oxygens (including phenoxy) is 1. The van der Waals surface area contributed by atoms with E-state index < -0.39 is 11.7 Å². The molecule has 10 heteroatoms. The summed E-state index contributed by atoms with van der Waals surface area (Å²) in [5, 5.41) is 0. The van der Waals surface area contributed by atoms with E-state index in [0.29, 0.717) is 22.5 Å². The molecule has 242 valence electrons. The van der Waals surface area contributed by atoms with E-state index in [0.717, 1.165) is 39.3 Å². The van der Waals surface area contributed by atoms with Gasteiger partial charge in [0.15, 0.2) is 0 Å². The molecule has 0 atom stereocenters. The summed E-state index contributed by atoms with van der Waals surface area (Å²) in [4.78, 5) is 40.8. The summed E-state index contributed by atoms with van der Waals surface area (Å²) in [5.74, 6) is -0.855. The van der Waals surface area contributed by atoms with Crippen molar-refractivity contribution in [1.29, 1.82) is 0 Å². The molecule has 2 amide bonds. The highest BCUT2D eigenvalue weighted by atomic mass is 19.1. The lowest BCUT2D eigenvalue weighted by atomic mass is 9.96. The summed E-state index contributed by atoms with van der Waals surface area (Å²) >= 11 is 0. The SMILES string of the molecule is COc1ccc(-c2cn(C)c(=NC(=O)c3ccccc3)[nH]2)cc1-c1cccc(-c2[nH]c(=NC(=O)c3ccccc3F)n(C)c2C(C)C)c1. The van der Waals surface area contributed by atoms with Gasteiger partial charge in [-0.15, -0.1) is 0 Å². The Bertz CT molecular complexity index is 2290. The minimum Gasteiger partial charge on any atom is -0.496 e. The van der Waals surface area contributed by atoms with Crippen molar-refractivity contribution >= 4 is 11.8 Å². The molecule has 2 heterocycles. The number of imidazole rings is 2. The summed E-state index contributed by atoms with van der Waals surface area (Å²) in [6, 6.07) is 28.6. The van der Waals surface area contributed by atoms with Crippen LogP contribution in [0.4, 0.5) is 4.39 Å². The van der Waals surface area contributed by atoms with Crippen molar-refractivity contribution in [3.63, 3.8) is 0 Å². The molecular formula is C38H35FN6O3. The lowest BCUT2D eigenvalue weighted by molar-refractivity contribution is 0.0986. The smallest absolute Gasteiger partial charge is 0.283 e. The van der Waals surface area contributed by atoms with Crippen LogP contribution in [0.2, 0.25) is 0 Å². The molecule has 0 spiro atoms. The van der Waals surface area contributed by atoms with Gasteiger partial charge in [-0.1, -0.05) is 62.4 Å². The number of benzene rings is 4. The van der Waals surface area contributed by atoms with Crippen molar-refractivity contribution in [1.82, 2.24) is 19.1 Å². The topological polar surface area (TPSA) is 110 Å². The van der Waals surface area contributed by atoms with Gasteiger partial charge in [-0.3, -0.25) is 9.59 Å². The van der Waals surface area contributed by atoms with E-state index in [1.54, 1.807) is 42.0 Å². The van der Waals surface area contributed by atoms with Gasteiger partial charge in [-0.25, -0.2) is 4.39 Å². The van der Waals surface area contributed by atoms with Crippen LogP contribution in [0.1, 0.15) is 46.2 Å². The average Bonchev–Trinajstić information content (AvgIpc) is 3.63. The number of amides is 2. The third-order valence-corrected chi connectivity index (χ3v) is 8.13. The molecule has 0 saturated carbocycles. The number of aromatic nitrogens is 4. The monoisotopic (exact) mass is 642 g/mol. The Morgan fingerprint density at radius 1 is 0.771 bits per heavy atom. The Kier molecular flexibility index (Phi) is 8.89. The quantitative estimate of drug-likeness (QED) is 0.201. The molecule has 48 heavy (non-hydrogen) atoms. The van der Waals surface area contributed by atoms with Crippen LogP contribution in [0.3, 0.4) is 0 Å². The maximum atomic E-state index is 14.3. The second kappa shape index (κ2) is 13.4. The molecule has 0 aliphatic rings. The van der Waals surface area contributed by atoms with Crippen molar-refractivity contribution in [3.8, 4) is 39.4 Å². The van der Waals surface area contributed by atoms with E-state index in [9.17, 15) is 14.0 Å². The summed E-state index contributed by atoms with van der Waals surface area (Å²) in [5.41, 5.74) is 7.20. The number of nitrogens with one attached hydrogen (secondary N) is 2. The van der Waals surface area contributed by atoms with Gasteiger partial charge >= 0.3 is 0 Å². The zero-order chi connectivity index (χ0) is 33.9. The summed E-state index contributed by atoms with van der Waals surface area (Å²) < 4.78 is 23.7. The molecule has 0 radical (unpaired) electrons. The van der Waals surface area contributed by atoms with Crippen molar-refractivity contribution in [3.05, 3.63) is 137 Å². The van der Waals surface area contributed by atoms with Crippen LogP contribution in [-0.4, -0.2) is 38.0 Å². The Morgan fingerprint density at radius 3 is 2.21 bits per heavy atom. The molecule has 6 rings (SSSR count). The predicted octanol–water partition coefficient (Wildman–Crippen LogP) is 6.77. The number of rotatable bonds is 7. The third kappa shape index (κ3) is 6.32. The highest BCUT2D eigenvalue weighted by Gasteiger charge is 2.19. The van der Waals surface area contributed by atoms with E-state index in [2.05, 4.69) is 39.9 Å². The van der Waals surface area contributed by atoms with Gasteiger partial charge in [-0.05, 0) is 60.0 Å². The van der Waals surface area contributed by atoms with Gasteiger partial charge < -0.3 is 23.8 Å². The van der Waals surface area contributed by atoms with E-state index in [1.165, 1.54) is 18.2 Å². The zero-order valence-corrected chi connectivity index (χ0v) is 27.3. The molecule has 2 aromatic heterocycles. The number of aryl methyl sites for hydroxylation is 1. The Hall–Kier alpha value is -6.03. The van der Waals surface area contributed by atoms with Crippen molar-refractivity contribution in [2.24, 2.45) is 24.1 Å². The van der Waals surface area contributed by atoms with Crippen LogP contribution in [0.25, 0.3) is 33.6 Å². The Labute approximate surface area is 276 Å². The predicted molar refractivity (Wildman–Crippen MR) is 183 cm³/mol. The van der Waals surface area contributed by atoms with Gasteiger partial charge in [-0.2, -0.15) is 9.98 Å². The van der Waals surface area contributed by atoms with Crippen molar-refractivity contribution in [2.75, 3.05) is 7.11 Å². The fraction of sp³-hybridized carbons (Fsp3) is 0.158. The number of carbonyl (C=O) groups excluding carboxylic acids is 2. The van der Waals surface area contributed by atoms with Gasteiger partial charge in [0, 0.05) is 48.2 Å². The fourth-order valence-electron chi connectivity index (χ4n) is 5.77. The number of aromatic amines is 2. The minimum atomic E-state index is -0.666. The molecule has 4 aromatic carbocycles. The molecule has 2 N–H and O–H groups in total. The first kappa shape index (κ1) is 31.9. The first-order valence-corrected chi connectivity index (χ1v) is 15.5. The lowest BCUT2D eigenvalue weighted by Gasteiger charge is -2.13. The van der Waals surface area contributed by atoms with Crippen molar-refractivity contribution < 1.29 is 18.7 Å². The number of hydrogen-bond donors (Lipinski definition) is 2. The molecule has 9 nitrogen and oxygen atoms in total. The first-order valence-electron chi connectivity index (χ1n) is 15.5. The molecular weight excluding hydrogens is 607 g/mol. The minimum absolute atomic E-state index is 0.0808. The van der Waals surface area contributed by atoms with Crippen LogP contribution in [0.5, 0.6) is 5.75 Å². The standard InChI is InChI=1S/C38H35FN6O3/c1-23(2)34-33(41-38(45(34)4)43-36(47)28-16-9-10-17-30(28)39)27-15-11-14-25(20-27)29-21-26(18-19-32(29)48-5)31-22-44(3)37(40-31)42-35(46)24-12-7-6-8-13-24/h6-23H,1-5H3,(H,40,42,46)(H,41,43,47). The van der Waals surface area contributed by atoms with Gasteiger partial charge in [0.2, 0.25) is 11.2 Å². The molecule has 0 fully saturated rings. The molecule has 0 saturated heterocycles. The van der Waals surface area contributed by atoms with E-state index in [4.69, 9.17) is 4.74 Å². The van der Waals surface area contributed by atoms with Crippen LogP contribution in [-0.2, 0) is 14.1 Å². The Balaban J connectivity index is 1.40. The summed E-state index contributed by atoms with van der Waals surface area (Å²) in [7, 11) is 5.30. The fourth-order valence-corrected chi connectivity index (χ4v) is 5.77. The zero-order valence-electron chi connectivity index (χ0n) is 27.3. The van der Waals surface area contributed by atoms with Gasteiger partial charge in [0.1, 0.15) is 11.6 Å². The van der Waals surface area contributed by atoms with Crippen LogP contribution < -0.4 is 16.0 Å². The van der Waals surface area contributed by atoms with Crippen LogP contribution >= 0.6 is 0 Å². The highest BCUT2D eigenvalue weighted by molar-refractivity contribution is 5.95. The van der Waals surface area contributed by atoms with Gasteiger partial charge in [0.05, 0.1) is 24.1 Å². The number of nitrogens with zero attached hydrogens (tertiary/aromatic N) is 4. The maximum absolute atomic E-state index is 14.3. The molecule has 0 aliphatic carbocycles. The number of methoxy groups -OCH3 is 1. The lowest BCUT2D eigenvalue weighted by Crippen LogP contribution is -2.20. The highest BCUT2D eigenvalue weighted by Crippen LogP contribution is 2.36. The second-order valence-corrected chi connectivity index (χ2v) is 11.7. The Morgan fingerprint density at radius 2 is 1.48 bits per heavy atom. The first-order chi connectivity index (χ1) is 23.1.